The van der Waals surface area contributed by atoms with E-state index in [1.54, 1.807) is 4.90 Å². The van der Waals surface area contributed by atoms with Gasteiger partial charge in [-0.3, -0.25) is 4.79 Å². The highest BCUT2D eigenvalue weighted by Crippen LogP contribution is 2.08. The van der Waals surface area contributed by atoms with Gasteiger partial charge in [-0.05, 0) is 6.42 Å². The van der Waals surface area contributed by atoms with Crippen LogP contribution in [0.2, 0.25) is 0 Å². The predicted octanol–water partition coefficient (Wildman–Crippen LogP) is 0.187. The van der Waals surface area contributed by atoms with Crippen LogP contribution in [0.1, 0.15) is 19.8 Å². The molecule has 0 aromatic rings. The quantitative estimate of drug-likeness (QED) is 0.630. The molecule has 15 heavy (non-hydrogen) atoms. The van der Waals surface area contributed by atoms with Crippen molar-refractivity contribution in [3.8, 4) is 0 Å². The summed E-state index contributed by atoms with van der Waals surface area (Å²) >= 11 is 0. The summed E-state index contributed by atoms with van der Waals surface area (Å²) in [7, 11) is 1.32. The second-order valence-corrected chi connectivity index (χ2v) is 3.47. The Labute approximate surface area is 89.3 Å². The monoisotopic (exact) mass is 215 g/mol. The van der Waals surface area contributed by atoms with Crippen LogP contribution < -0.4 is 0 Å². The van der Waals surface area contributed by atoms with Crippen molar-refractivity contribution in [1.29, 1.82) is 0 Å². The number of amides is 1. The normalized spacial score (nSPS) is 21.2. The van der Waals surface area contributed by atoms with Crippen LogP contribution in [0, 0.1) is 0 Å². The van der Waals surface area contributed by atoms with E-state index in [0.717, 1.165) is 6.42 Å². The highest BCUT2D eigenvalue weighted by Gasteiger charge is 2.29. The number of methoxy groups -OCH3 is 1. The Hall–Kier alpha value is -1.10. The molecule has 0 radical (unpaired) electrons. The van der Waals surface area contributed by atoms with Gasteiger partial charge in [-0.2, -0.15) is 0 Å². The van der Waals surface area contributed by atoms with Crippen LogP contribution >= 0.6 is 0 Å². The fraction of sp³-hybridized carbons (Fsp3) is 0.800. The van der Waals surface area contributed by atoms with Gasteiger partial charge in [0.25, 0.3) is 0 Å². The third-order valence-corrected chi connectivity index (χ3v) is 2.35. The molecule has 5 heteroatoms. The van der Waals surface area contributed by atoms with E-state index in [0.29, 0.717) is 26.1 Å². The molecule has 0 spiro atoms. The molecule has 5 nitrogen and oxygen atoms in total. The summed E-state index contributed by atoms with van der Waals surface area (Å²) in [5.74, 6) is -0.335. The molecule has 1 atom stereocenters. The molecular formula is C10H17NO4. The zero-order valence-corrected chi connectivity index (χ0v) is 9.19. The van der Waals surface area contributed by atoms with Crippen molar-refractivity contribution >= 4 is 11.9 Å². The lowest BCUT2D eigenvalue weighted by atomic mass is 10.2. The number of morpholine rings is 1. The van der Waals surface area contributed by atoms with Gasteiger partial charge in [-0.15, -0.1) is 0 Å². The number of hydrogen-bond acceptors (Lipinski definition) is 4. The zero-order valence-electron chi connectivity index (χ0n) is 9.19. The first-order chi connectivity index (χ1) is 7.19. The Kier molecular flexibility index (Phi) is 4.55. The number of carbonyl (C=O) groups excluding carboxylic acids is 2. The fourth-order valence-electron chi connectivity index (χ4n) is 1.52. The molecule has 1 aliphatic rings. The Balaban J connectivity index is 2.48. The van der Waals surface area contributed by atoms with E-state index in [2.05, 4.69) is 4.74 Å². The van der Waals surface area contributed by atoms with E-state index in [1.165, 1.54) is 7.11 Å². The third kappa shape index (κ3) is 3.20. The second-order valence-electron chi connectivity index (χ2n) is 3.47. The lowest BCUT2D eigenvalue weighted by Gasteiger charge is -2.31. The van der Waals surface area contributed by atoms with Gasteiger partial charge in [0, 0.05) is 13.0 Å². The lowest BCUT2D eigenvalue weighted by molar-refractivity contribution is -0.162. The standard InChI is InChI=1S/C10H17NO4/c1-3-4-9(12)11-5-6-15-8(7-11)10(13)14-2/h8H,3-7H2,1-2H3. The van der Waals surface area contributed by atoms with Crippen LogP contribution in [0.3, 0.4) is 0 Å². The van der Waals surface area contributed by atoms with Crippen molar-refractivity contribution in [3.05, 3.63) is 0 Å². The van der Waals surface area contributed by atoms with Crippen molar-refractivity contribution in [3.63, 3.8) is 0 Å². The van der Waals surface area contributed by atoms with Crippen molar-refractivity contribution in [1.82, 2.24) is 4.90 Å². The fourth-order valence-corrected chi connectivity index (χ4v) is 1.52. The molecule has 0 saturated carbocycles. The van der Waals surface area contributed by atoms with Crippen molar-refractivity contribution in [2.24, 2.45) is 0 Å². The minimum absolute atomic E-state index is 0.0784. The highest BCUT2D eigenvalue weighted by molar-refractivity contribution is 5.79. The summed E-state index contributed by atoms with van der Waals surface area (Å²) in [6.45, 7) is 3.23. The summed E-state index contributed by atoms with van der Waals surface area (Å²) in [6.07, 6.45) is 0.719. The summed E-state index contributed by atoms with van der Waals surface area (Å²) in [5.41, 5.74) is 0. The second kappa shape index (κ2) is 5.70. The van der Waals surface area contributed by atoms with Gasteiger partial charge in [0.2, 0.25) is 5.91 Å². The van der Waals surface area contributed by atoms with E-state index in [-0.39, 0.29) is 5.91 Å². The zero-order chi connectivity index (χ0) is 11.3. The first-order valence-electron chi connectivity index (χ1n) is 5.16. The summed E-state index contributed by atoms with van der Waals surface area (Å²) in [6, 6.07) is 0. The topological polar surface area (TPSA) is 55.8 Å². The number of hydrogen-bond donors (Lipinski definition) is 0. The van der Waals surface area contributed by atoms with E-state index in [9.17, 15) is 9.59 Å². The molecule has 1 fully saturated rings. The van der Waals surface area contributed by atoms with Crippen LogP contribution in [0.5, 0.6) is 0 Å². The van der Waals surface area contributed by atoms with Gasteiger partial charge in [0.1, 0.15) is 0 Å². The third-order valence-electron chi connectivity index (χ3n) is 2.35. The molecule has 1 aliphatic heterocycles. The minimum atomic E-state index is -0.621. The Bertz CT molecular complexity index is 242. The number of ether oxygens (including phenoxy) is 2. The molecule has 1 heterocycles. The Morgan fingerprint density at radius 2 is 2.27 bits per heavy atom. The van der Waals surface area contributed by atoms with Crippen molar-refractivity contribution < 1.29 is 19.1 Å². The summed E-state index contributed by atoms with van der Waals surface area (Å²) in [5, 5.41) is 0. The number of rotatable bonds is 3. The molecule has 1 amide bonds. The minimum Gasteiger partial charge on any atom is -0.467 e. The summed E-state index contributed by atoms with van der Waals surface area (Å²) < 4.78 is 9.80. The molecule has 86 valence electrons. The first kappa shape index (κ1) is 12.0. The maximum atomic E-state index is 11.6. The first-order valence-corrected chi connectivity index (χ1v) is 5.16. The van der Waals surface area contributed by atoms with Crippen molar-refractivity contribution in [2.45, 2.75) is 25.9 Å². The average Bonchev–Trinajstić information content (AvgIpc) is 2.28. The van der Waals surface area contributed by atoms with Crippen LogP contribution in [0.4, 0.5) is 0 Å². The SMILES string of the molecule is CCCC(=O)N1CCOC(C(=O)OC)C1. The predicted molar refractivity (Wildman–Crippen MR) is 53.2 cm³/mol. The van der Waals surface area contributed by atoms with Gasteiger partial charge in [-0.1, -0.05) is 6.92 Å². The maximum Gasteiger partial charge on any atom is 0.336 e. The molecule has 0 aromatic carbocycles. The molecule has 1 saturated heterocycles. The smallest absolute Gasteiger partial charge is 0.336 e. The van der Waals surface area contributed by atoms with E-state index < -0.39 is 12.1 Å². The molecule has 1 unspecified atom stereocenters. The van der Waals surface area contributed by atoms with Gasteiger partial charge < -0.3 is 14.4 Å². The van der Waals surface area contributed by atoms with Crippen LogP contribution in [-0.2, 0) is 19.1 Å². The Morgan fingerprint density at radius 1 is 1.53 bits per heavy atom. The molecular weight excluding hydrogens is 198 g/mol. The highest BCUT2D eigenvalue weighted by atomic mass is 16.6. The average molecular weight is 215 g/mol. The summed E-state index contributed by atoms with van der Waals surface area (Å²) in [4.78, 5) is 24.4. The van der Waals surface area contributed by atoms with E-state index >= 15 is 0 Å². The molecule has 0 N–H and O–H groups in total. The van der Waals surface area contributed by atoms with E-state index in [1.807, 2.05) is 6.92 Å². The van der Waals surface area contributed by atoms with Gasteiger partial charge in [-0.25, -0.2) is 4.79 Å². The number of esters is 1. The molecule has 0 aromatic heterocycles. The molecule has 1 rings (SSSR count). The number of nitrogens with zero attached hydrogens (tertiary/aromatic N) is 1. The van der Waals surface area contributed by atoms with Crippen LogP contribution in [-0.4, -0.2) is 49.7 Å². The van der Waals surface area contributed by atoms with Crippen LogP contribution in [0.15, 0.2) is 0 Å². The molecule has 0 bridgehead atoms. The van der Waals surface area contributed by atoms with Gasteiger partial charge in [0.15, 0.2) is 6.10 Å². The lowest BCUT2D eigenvalue weighted by Crippen LogP contribution is -2.48. The van der Waals surface area contributed by atoms with Gasteiger partial charge in [0.05, 0.1) is 20.3 Å². The van der Waals surface area contributed by atoms with Crippen molar-refractivity contribution in [2.75, 3.05) is 26.8 Å². The molecule has 0 aliphatic carbocycles. The Morgan fingerprint density at radius 3 is 2.87 bits per heavy atom. The van der Waals surface area contributed by atoms with Gasteiger partial charge >= 0.3 is 5.97 Å². The van der Waals surface area contributed by atoms with E-state index in [4.69, 9.17) is 4.74 Å². The number of carbonyl (C=O) groups is 2. The maximum absolute atomic E-state index is 11.6. The largest absolute Gasteiger partial charge is 0.467 e. The van der Waals surface area contributed by atoms with Crippen LogP contribution in [0.25, 0.3) is 0 Å².